The van der Waals surface area contributed by atoms with E-state index in [1.807, 2.05) is 23.1 Å². The molecule has 6 nitrogen and oxygen atoms in total. The third kappa shape index (κ3) is 2.19. The highest BCUT2D eigenvalue weighted by Gasteiger charge is 2.37. The second kappa shape index (κ2) is 5.19. The lowest BCUT2D eigenvalue weighted by Gasteiger charge is -2.27. The van der Waals surface area contributed by atoms with E-state index in [2.05, 4.69) is 5.32 Å². The molecule has 116 valence electrons. The molecule has 2 amide bonds. The Kier molecular flexibility index (Phi) is 3.17. The zero-order chi connectivity index (χ0) is 15.1. The summed E-state index contributed by atoms with van der Waals surface area (Å²) in [6, 6.07) is 5.56. The molecule has 0 unspecified atom stereocenters. The molecule has 3 aliphatic rings. The summed E-state index contributed by atoms with van der Waals surface area (Å²) in [4.78, 5) is 25.9. The van der Waals surface area contributed by atoms with Gasteiger partial charge >= 0.3 is 0 Å². The first-order valence-corrected chi connectivity index (χ1v) is 7.72. The molecule has 6 heteroatoms. The van der Waals surface area contributed by atoms with E-state index >= 15 is 0 Å². The third-order valence-electron chi connectivity index (χ3n) is 4.61. The van der Waals surface area contributed by atoms with Gasteiger partial charge in [0.2, 0.25) is 18.6 Å². The van der Waals surface area contributed by atoms with Crippen molar-refractivity contribution >= 4 is 11.8 Å². The predicted molar refractivity (Wildman–Crippen MR) is 77.4 cm³/mol. The lowest BCUT2D eigenvalue weighted by atomic mass is 10.0. The third-order valence-corrected chi connectivity index (χ3v) is 4.61. The standard InChI is InChI=1S/C16H18N2O4/c19-15-6-4-11(17-15)16(20)18-7-1-2-12(18)10-3-5-13-14(8-10)22-9-21-13/h3,5,8,11-12H,1-2,4,6-7,9H2,(H,17,19)/t11-,12-/m0/s1. The summed E-state index contributed by atoms with van der Waals surface area (Å²) in [5.41, 5.74) is 1.07. The number of likely N-dealkylation sites (tertiary alicyclic amines) is 1. The molecular formula is C16H18N2O4. The Morgan fingerprint density at radius 1 is 1.23 bits per heavy atom. The number of rotatable bonds is 2. The van der Waals surface area contributed by atoms with Crippen LogP contribution in [-0.2, 0) is 9.59 Å². The minimum absolute atomic E-state index is 0.0304. The van der Waals surface area contributed by atoms with Crippen molar-refractivity contribution in [3.05, 3.63) is 23.8 Å². The van der Waals surface area contributed by atoms with Crippen LogP contribution in [-0.4, -0.2) is 36.1 Å². The van der Waals surface area contributed by atoms with Crippen LogP contribution in [0.2, 0.25) is 0 Å². The maximum Gasteiger partial charge on any atom is 0.245 e. The number of amides is 2. The molecule has 1 aromatic carbocycles. The topological polar surface area (TPSA) is 67.9 Å². The summed E-state index contributed by atoms with van der Waals surface area (Å²) in [6.45, 7) is 0.991. The molecule has 3 aliphatic heterocycles. The molecule has 0 aliphatic carbocycles. The van der Waals surface area contributed by atoms with Gasteiger partial charge in [-0.2, -0.15) is 0 Å². The Labute approximate surface area is 128 Å². The van der Waals surface area contributed by atoms with E-state index in [-0.39, 0.29) is 30.7 Å². The van der Waals surface area contributed by atoms with Crippen LogP contribution in [0.25, 0.3) is 0 Å². The zero-order valence-electron chi connectivity index (χ0n) is 12.2. The molecule has 3 heterocycles. The van der Waals surface area contributed by atoms with E-state index in [0.29, 0.717) is 12.8 Å². The zero-order valence-corrected chi connectivity index (χ0v) is 12.2. The molecule has 4 rings (SSSR count). The van der Waals surface area contributed by atoms with Crippen LogP contribution < -0.4 is 14.8 Å². The molecule has 1 N–H and O–H groups in total. The molecule has 0 spiro atoms. The van der Waals surface area contributed by atoms with Gasteiger partial charge in [0.25, 0.3) is 0 Å². The van der Waals surface area contributed by atoms with Gasteiger partial charge in [-0.25, -0.2) is 0 Å². The fourth-order valence-electron chi connectivity index (χ4n) is 3.50. The molecule has 0 aromatic heterocycles. The van der Waals surface area contributed by atoms with Gasteiger partial charge in [0.05, 0.1) is 6.04 Å². The highest BCUT2D eigenvalue weighted by molar-refractivity contribution is 5.91. The summed E-state index contributed by atoms with van der Waals surface area (Å²) in [7, 11) is 0. The number of fused-ring (bicyclic) bond motifs is 1. The van der Waals surface area contributed by atoms with E-state index in [4.69, 9.17) is 9.47 Å². The molecule has 1 aromatic rings. The number of nitrogens with one attached hydrogen (secondary N) is 1. The first kappa shape index (κ1) is 13.4. The summed E-state index contributed by atoms with van der Waals surface area (Å²) in [5.74, 6) is 1.50. The number of nitrogens with zero attached hydrogens (tertiary/aromatic N) is 1. The largest absolute Gasteiger partial charge is 0.454 e. The number of ether oxygens (including phenoxy) is 2. The first-order valence-electron chi connectivity index (χ1n) is 7.72. The quantitative estimate of drug-likeness (QED) is 0.895. The van der Waals surface area contributed by atoms with Crippen molar-refractivity contribution in [2.45, 2.75) is 37.8 Å². The van der Waals surface area contributed by atoms with Crippen molar-refractivity contribution in [1.29, 1.82) is 0 Å². The van der Waals surface area contributed by atoms with Crippen LogP contribution in [0.15, 0.2) is 18.2 Å². The average molecular weight is 302 g/mol. The van der Waals surface area contributed by atoms with Crippen molar-refractivity contribution in [3.63, 3.8) is 0 Å². The number of carbonyl (C=O) groups excluding carboxylic acids is 2. The van der Waals surface area contributed by atoms with Crippen molar-refractivity contribution in [1.82, 2.24) is 10.2 Å². The van der Waals surface area contributed by atoms with Gasteiger partial charge < -0.3 is 19.7 Å². The monoisotopic (exact) mass is 302 g/mol. The van der Waals surface area contributed by atoms with Gasteiger partial charge in [-0.15, -0.1) is 0 Å². The van der Waals surface area contributed by atoms with Gasteiger partial charge in [0.1, 0.15) is 6.04 Å². The maximum absolute atomic E-state index is 12.7. The average Bonchev–Trinajstić information content (AvgIpc) is 3.25. The Hall–Kier alpha value is -2.24. The molecule has 2 atom stereocenters. The summed E-state index contributed by atoms with van der Waals surface area (Å²) < 4.78 is 10.8. The highest BCUT2D eigenvalue weighted by atomic mass is 16.7. The van der Waals surface area contributed by atoms with Gasteiger partial charge in [0, 0.05) is 13.0 Å². The fourth-order valence-corrected chi connectivity index (χ4v) is 3.50. The van der Waals surface area contributed by atoms with Crippen molar-refractivity contribution < 1.29 is 19.1 Å². The maximum atomic E-state index is 12.7. The molecule has 22 heavy (non-hydrogen) atoms. The summed E-state index contributed by atoms with van der Waals surface area (Å²) in [6.07, 6.45) is 2.96. The van der Waals surface area contributed by atoms with Crippen LogP contribution >= 0.6 is 0 Å². The van der Waals surface area contributed by atoms with Crippen LogP contribution in [0.4, 0.5) is 0 Å². The van der Waals surface area contributed by atoms with Gasteiger partial charge in [0.15, 0.2) is 11.5 Å². The van der Waals surface area contributed by atoms with Gasteiger partial charge in [-0.1, -0.05) is 6.07 Å². The minimum atomic E-state index is -0.359. The van der Waals surface area contributed by atoms with E-state index < -0.39 is 0 Å². The smallest absolute Gasteiger partial charge is 0.245 e. The molecule has 0 radical (unpaired) electrons. The second-order valence-corrected chi connectivity index (χ2v) is 5.96. The normalized spacial score (nSPS) is 26.4. The van der Waals surface area contributed by atoms with Crippen LogP contribution in [0.1, 0.15) is 37.3 Å². The SMILES string of the molecule is O=C1CC[C@@H](C(=O)N2CCC[C@H]2c2ccc3c(c2)OCO3)N1. The summed E-state index contributed by atoms with van der Waals surface area (Å²) >= 11 is 0. The van der Waals surface area contributed by atoms with Crippen LogP contribution in [0.3, 0.4) is 0 Å². The fraction of sp³-hybridized carbons (Fsp3) is 0.500. The molecule has 0 saturated carbocycles. The van der Waals surface area contributed by atoms with E-state index in [9.17, 15) is 9.59 Å². The Balaban J connectivity index is 1.56. The van der Waals surface area contributed by atoms with Crippen molar-refractivity contribution in [2.75, 3.05) is 13.3 Å². The number of benzene rings is 1. The Morgan fingerprint density at radius 2 is 2.09 bits per heavy atom. The second-order valence-electron chi connectivity index (χ2n) is 5.96. The molecule has 2 fully saturated rings. The van der Waals surface area contributed by atoms with Gasteiger partial charge in [-0.05, 0) is 37.0 Å². The molecule has 0 bridgehead atoms. The van der Waals surface area contributed by atoms with Crippen LogP contribution in [0.5, 0.6) is 11.5 Å². The Bertz CT molecular complexity index is 631. The molecule has 2 saturated heterocycles. The Morgan fingerprint density at radius 3 is 2.91 bits per heavy atom. The predicted octanol–water partition coefficient (Wildman–Crippen LogP) is 1.36. The van der Waals surface area contributed by atoms with E-state index in [1.54, 1.807) is 0 Å². The first-order chi connectivity index (χ1) is 10.7. The van der Waals surface area contributed by atoms with Gasteiger partial charge in [-0.3, -0.25) is 9.59 Å². The van der Waals surface area contributed by atoms with E-state index in [0.717, 1.165) is 36.4 Å². The van der Waals surface area contributed by atoms with Crippen molar-refractivity contribution in [3.8, 4) is 11.5 Å². The lowest BCUT2D eigenvalue weighted by Crippen LogP contribution is -2.44. The minimum Gasteiger partial charge on any atom is -0.454 e. The number of hydrogen-bond donors (Lipinski definition) is 1. The highest BCUT2D eigenvalue weighted by Crippen LogP contribution is 2.39. The van der Waals surface area contributed by atoms with Crippen molar-refractivity contribution in [2.24, 2.45) is 0 Å². The lowest BCUT2D eigenvalue weighted by molar-refractivity contribution is -0.135. The number of hydrogen-bond acceptors (Lipinski definition) is 4. The number of carbonyl (C=O) groups is 2. The summed E-state index contributed by atoms with van der Waals surface area (Å²) in [5, 5.41) is 2.77. The van der Waals surface area contributed by atoms with E-state index in [1.165, 1.54) is 0 Å². The molecular weight excluding hydrogens is 284 g/mol. The van der Waals surface area contributed by atoms with Crippen LogP contribution in [0, 0.1) is 0 Å².